The number of halogens is 6. The number of nitrogens with one attached hydrogen (secondary N) is 1. The SMILES string of the molecule is CC1CNC(=O)OC1.FC(F)(F)c1cccc(C(F)(F)F)c1. The van der Waals surface area contributed by atoms with E-state index in [0.717, 1.165) is 12.6 Å². The van der Waals surface area contributed by atoms with E-state index >= 15 is 0 Å². The molecule has 22 heavy (non-hydrogen) atoms. The first kappa shape index (κ1) is 18.1. The fourth-order valence-electron chi connectivity index (χ4n) is 1.46. The van der Waals surface area contributed by atoms with Crippen molar-refractivity contribution in [3.63, 3.8) is 0 Å². The molecule has 1 amide bonds. The molecule has 1 atom stereocenters. The number of hydrogen-bond donors (Lipinski definition) is 1. The molecule has 1 unspecified atom stereocenters. The number of hydrogen-bond acceptors (Lipinski definition) is 2. The van der Waals surface area contributed by atoms with E-state index in [0.29, 0.717) is 24.7 Å². The van der Waals surface area contributed by atoms with Gasteiger partial charge in [-0.05, 0) is 18.2 Å². The largest absolute Gasteiger partial charge is 0.449 e. The second-order valence-corrected chi connectivity index (χ2v) is 4.66. The number of carbonyl (C=O) groups excluding carboxylic acids is 1. The maximum atomic E-state index is 12.0. The van der Waals surface area contributed by atoms with Crippen LogP contribution in [-0.4, -0.2) is 19.2 Å². The topological polar surface area (TPSA) is 38.3 Å². The lowest BCUT2D eigenvalue weighted by atomic mass is 10.1. The minimum atomic E-state index is -4.75. The van der Waals surface area contributed by atoms with Crippen LogP contribution in [0.25, 0.3) is 0 Å². The van der Waals surface area contributed by atoms with E-state index in [4.69, 9.17) is 0 Å². The lowest BCUT2D eigenvalue weighted by molar-refractivity contribution is -0.143. The lowest BCUT2D eigenvalue weighted by Crippen LogP contribution is -2.37. The van der Waals surface area contributed by atoms with E-state index in [1.807, 2.05) is 6.92 Å². The molecule has 0 saturated carbocycles. The molecule has 124 valence electrons. The average molecular weight is 329 g/mol. The number of alkyl carbamates (subject to hydrolysis) is 1. The molecule has 0 aromatic heterocycles. The second kappa shape index (κ2) is 6.89. The summed E-state index contributed by atoms with van der Waals surface area (Å²) >= 11 is 0. The molecule has 0 radical (unpaired) electrons. The van der Waals surface area contributed by atoms with Crippen LogP contribution in [0.3, 0.4) is 0 Å². The standard InChI is InChI=1S/C8H4F6.C5H9NO2/c9-7(10,11)5-2-1-3-6(4-5)8(12,13)14;1-4-2-6-5(7)8-3-4/h1-4H;4H,2-3H2,1H3,(H,6,7). The van der Waals surface area contributed by atoms with Crippen molar-refractivity contribution >= 4 is 6.09 Å². The van der Waals surface area contributed by atoms with Gasteiger partial charge in [0.25, 0.3) is 0 Å². The average Bonchev–Trinajstić information content (AvgIpc) is 2.41. The second-order valence-electron chi connectivity index (χ2n) is 4.66. The first-order chi connectivity index (χ1) is 10.00. The Bertz CT molecular complexity index is 473. The van der Waals surface area contributed by atoms with Crippen molar-refractivity contribution in [2.45, 2.75) is 19.3 Å². The minimum Gasteiger partial charge on any atom is -0.449 e. The van der Waals surface area contributed by atoms with Gasteiger partial charge in [-0.15, -0.1) is 0 Å². The van der Waals surface area contributed by atoms with Gasteiger partial charge in [0.05, 0.1) is 17.7 Å². The molecular formula is C13H13F6NO2. The molecule has 9 heteroatoms. The Morgan fingerprint density at radius 3 is 1.91 bits per heavy atom. The van der Waals surface area contributed by atoms with E-state index in [2.05, 4.69) is 10.1 Å². The summed E-state index contributed by atoms with van der Waals surface area (Å²) in [4.78, 5) is 10.3. The van der Waals surface area contributed by atoms with Gasteiger partial charge < -0.3 is 10.1 Å². The van der Waals surface area contributed by atoms with Crippen LogP contribution in [0.2, 0.25) is 0 Å². The summed E-state index contributed by atoms with van der Waals surface area (Å²) in [6.45, 7) is 3.34. The monoisotopic (exact) mass is 329 g/mol. The highest BCUT2D eigenvalue weighted by atomic mass is 19.4. The zero-order chi connectivity index (χ0) is 17.0. The Hall–Kier alpha value is -1.93. The van der Waals surface area contributed by atoms with Crippen LogP contribution >= 0.6 is 0 Å². The van der Waals surface area contributed by atoms with E-state index in [1.54, 1.807) is 0 Å². The smallest absolute Gasteiger partial charge is 0.416 e. The predicted octanol–water partition coefficient (Wildman–Crippen LogP) is 4.09. The first-order valence-corrected chi connectivity index (χ1v) is 6.15. The van der Waals surface area contributed by atoms with Gasteiger partial charge in [-0.2, -0.15) is 26.3 Å². The molecule has 1 N–H and O–H groups in total. The molecule has 1 fully saturated rings. The summed E-state index contributed by atoms with van der Waals surface area (Å²) in [7, 11) is 0. The van der Waals surface area contributed by atoms with Crippen LogP contribution in [0.15, 0.2) is 24.3 Å². The van der Waals surface area contributed by atoms with Gasteiger partial charge in [0.2, 0.25) is 0 Å². The van der Waals surface area contributed by atoms with Gasteiger partial charge in [0.15, 0.2) is 0 Å². The third-order valence-electron chi connectivity index (χ3n) is 2.61. The van der Waals surface area contributed by atoms with E-state index in [-0.39, 0.29) is 12.2 Å². The van der Waals surface area contributed by atoms with Crippen LogP contribution in [0.1, 0.15) is 18.1 Å². The Labute approximate surface area is 122 Å². The molecule has 0 aliphatic carbocycles. The number of ether oxygens (including phenoxy) is 1. The van der Waals surface area contributed by atoms with Gasteiger partial charge in [0, 0.05) is 12.5 Å². The highest BCUT2D eigenvalue weighted by Crippen LogP contribution is 2.34. The van der Waals surface area contributed by atoms with Crippen LogP contribution < -0.4 is 5.32 Å². The first-order valence-electron chi connectivity index (χ1n) is 6.15. The Kier molecular flexibility index (Phi) is 5.67. The number of carbonyl (C=O) groups is 1. The third kappa shape index (κ3) is 5.82. The molecular weight excluding hydrogens is 316 g/mol. The number of alkyl halides is 6. The number of rotatable bonds is 0. The Morgan fingerprint density at radius 1 is 1.09 bits per heavy atom. The van der Waals surface area contributed by atoms with Crippen LogP contribution in [0.5, 0.6) is 0 Å². The zero-order valence-corrected chi connectivity index (χ0v) is 11.4. The molecule has 1 aliphatic rings. The Morgan fingerprint density at radius 2 is 1.59 bits per heavy atom. The van der Waals surface area contributed by atoms with Crippen molar-refractivity contribution in [1.82, 2.24) is 5.32 Å². The normalized spacial score (nSPS) is 18.7. The summed E-state index contributed by atoms with van der Waals surface area (Å²) in [6.07, 6.45) is -9.79. The Balaban J connectivity index is 0.000000255. The molecule has 0 spiro atoms. The zero-order valence-electron chi connectivity index (χ0n) is 11.4. The van der Waals surface area contributed by atoms with Crippen molar-refractivity contribution in [2.75, 3.05) is 13.2 Å². The van der Waals surface area contributed by atoms with Gasteiger partial charge in [0.1, 0.15) is 0 Å². The lowest BCUT2D eigenvalue weighted by Gasteiger charge is -2.18. The van der Waals surface area contributed by atoms with Gasteiger partial charge in [-0.1, -0.05) is 13.0 Å². The van der Waals surface area contributed by atoms with Gasteiger partial charge in [-0.25, -0.2) is 4.79 Å². The summed E-state index contributed by atoms with van der Waals surface area (Å²) in [6, 6.07) is 2.00. The highest BCUT2D eigenvalue weighted by Gasteiger charge is 2.35. The molecule has 1 heterocycles. The summed E-state index contributed by atoms with van der Waals surface area (Å²) in [5, 5.41) is 2.57. The van der Waals surface area contributed by atoms with Crippen molar-refractivity contribution in [3.05, 3.63) is 35.4 Å². The number of cyclic esters (lactones) is 1. The van der Waals surface area contributed by atoms with Crippen molar-refractivity contribution in [1.29, 1.82) is 0 Å². The minimum absolute atomic E-state index is 0.0833. The molecule has 1 aromatic rings. The fraction of sp³-hybridized carbons (Fsp3) is 0.462. The number of amides is 1. The summed E-state index contributed by atoms with van der Waals surface area (Å²) < 4.78 is 76.6. The van der Waals surface area contributed by atoms with Crippen molar-refractivity contribution < 1.29 is 35.9 Å². The van der Waals surface area contributed by atoms with Gasteiger partial charge in [-0.3, -0.25) is 0 Å². The summed E-state index contributed by atoms with van der Waals surface area (Å²) in [5.41, 5.74) is -2.60. The van der Waals surface area contributed by atoms with Crippen LogP contribution in [0, 0.1) is 5.92 Å². The number of benzene rings is 1. The van der Waals surface area contributed by atoms with Crippen molar-refractivity contribution in [2.24, 2.45) is 5.92 Å². The maximum absolute atomic E-state index is 12.0. The molecule has 1 saturated heterocycles. The van der Waals surface area contributed by atoms with E-state index in [1.165, 1.54) is 0 Å². The fourth-order valence-corrected chi connectivity index (χ4v) is 1.46. The van der Waals surface area contributed by atoms with Crippen LogP contribution in [0.4, 0.5) is 31.1 Å². The molecule has 2 rings (SSSR count). The third-order valence-corrected chi connectivity index (χ3v) is 2.61. The maximum Gasteiger partial charge on any atom is 0.416 e. The molecule has 3 nitrogen and oxygen atoms in total. The predicted molar refractivity (Wildman–Crippen MR) is 65.0 cm³/mol. The molecule has 1 aliphatic heterocycles. The van der Waals surface area contributed by atoms with E-state index in [9.17, 15) is 31.1 Å². The van der Waals surface area contributed by atoms with Crippen molar-refractivity contribution in [3.8, 4) is 0 Å². The quantitative estimate of drug-likeness (QED) is 0.728. The molecule has 0 bridgehead atoms. The van der Waals surface area contributed by atoms with E-state index < -0.39 is 23.5 Å². The molecule has 1 aromatic carbocycles. The van der Waals surface area contributed by atoms with Gasteiger partial charge >= 0.3 is 18.4 Å². The highest BCUT2D eigenvalue weighted by molar-refractivity contribution is 5.67. The van der Waals surface area contributed by atoms with Crippen LogP contribution in [-0.2, 0) is 17.1 Å². The summed E-state index contributed by atoms with van der Waals surface area (Å²) in [5.74, 6) is 0.465.